The van der Waals surface area contributed by atoms with Crippen LogP contribution in [-0.4, -0.2) is 14.7 Å². The van der Waals surface area contributed by atoms with Crippen LogP contribution in [0.2, 0.25) is 0 Å². The number of aromatic hydroxyl groups is 1. The van der Waals surface area contributed by atoms with Gasteiger partial charge in [-0.25, -0.2) is 0 Å². The summed E-state index contributed by atoms with van der Waals surface area (Å²) in [5.74, 6) is 3.14. The molecular weight excluding hydrogens is 844 g/mol. The van der Waals surface area contributed by atoms with Gasteiger partial charge in [0.05, 0.1) is 11.3 Å². The molecule has 1 aliphatic rings. The van der Waals surface area contributed by atoms with Gasteiger partial charge in [0.1, 0.15) is 11.6 Å². The van der Waals surface area contributed by atoms with Gasteiger partial charge in [-0.3, -0.25) is 4.98 Å². The molecule has 0 fully saturated rings. The number of hydrogen-bond donors (Lipinski definition) is 1. The Kier molecular flexibility index (Phi) is 12.7. The molecular formula is C48H58N4OPt. The maximum Gasteiger partial charge on any atom is 2.00 e. The summed E-state index contributed by atoms with van der Waals surface area (Å²) in [6, 6.07) is 27.0. The Labute approximate surface area is 339 Å². The standard InChI is InChI=1S/C48H58N4O.Pt/c1-29(2)36-23-40(31(5)6)46(41(24-36)32(7)8)51-21-20-50(28-51)38-17-15-16-35(22-38)44-27-52(48(49-44)39-18-13-14-19-45(39)53)47-42(33(9)10)25-37(30(3)4)26-43(47)34(11)12;/h13-21,23-34,53H,1-12H3;/q-2;+2. The van der Waals surface area contributed by atoms with Crippen molar-refractivity contribution in [2.75, 3.05) is 9.80 Å². The third-order valence-corrected chi connectivity index (χ3v) is 10.5. The van der Waals surface area contributed by atoms with Crippen LogP contribution in [0.3, 0.4) is 0 Å². The minimum absolute atomic E-state index is 0. The number of phenols is 1. The summed E-state index contributed by atoms with van der Waals surface area (Å²) in [6.07, 6.45) is 6.41. The van der Waals surface area contributed by atoms with Crippen LogP contribution in [0.15, 0.2) is 85.3 Å². The van der Waals surface area contributed by atoms with Gasteiger partial charge in [0, 0.05) is 11.4 Å². The largest absolute Gasteiger partial charge is 2.00 e. The monoisotopic (exact) mass is 901 g/mol. The normalized spacial score (nSPS) is 13.1. The molecule has 5 aromatic rings. The molecule has 0 bridgehead atoms. The van der Waals surface area contributed by atoms with Crippen LogP contribution in [0.5, 0.6) is 5.75 Å². The predicted molar refractivity (Wildman–Crippen MR) is 224 cm³/mol. The van der Waals surface area contributed by atoms with Crippen molar-refractivity contribution in [2.45, 2.75) is 119 Å². The van der Waals surface area contributed by atoms with Crippen LogP contribution < -0.4 is 9.80 Å². The second kappa shape index (κ2) is 16.7. The number of imidazole rings is 1. The van der Waals surface area contributed by atoms with E-state index in [1.54, 1.807) is 6.07 Å². The van der Waals surface area contributed by atoms with Gasteiger partial charge >= 0.3 is 21.1 Å². The Hall–Kier alpha value is -4.08. The Balaban J connectivity index is 0.00000561. The van der Waals surface area contributed by atoms with Gasteiger partial charge in [-0.05, 0) is 99.6 Å². The number of anilines is 2. The third kappa shape index (κ3) is 8.13. The first-order valence-corrected chi connectivity index (χ1v) is 19.5. The first kappa shape index (κ1) is 41.1. The average Bonchev–Trinajstić information content (AvgIpc) is 3.79. The van der Waals surface area contributed by atoms with Gasteiger partial charge in [0.15, 0.2) is 0 Å². The number of nitrogens with zero attached hydrogens (tertiary/aromatic N) is 4. The molecule has 4 aromatic carbocycles. The van der Waals surface area contributed by atoms with E-state index in [9.17, 15) is 5.11 Å². The molecule has 0 aliphatic carbocycles. The van der Waals surface area contributed by atoms with Gasteiger partial charge in [0.2, 0.25) is 0 Å². The van der Waals surface area contributed by atoms with E-state index in [1.807, 2.05) is 18.2 Å². The molecule has 1 aromatic heterocycles. The van der Waals surface area contributed by atoms with E-state index < -0.39 is 0 Å². The Bertz CT molecular complexity index is 2060. The minimum Gasteiger partial charge on any atom is -0.507 e. The van der Waals surface area contributed by atoms with Crippen molar-refractivity contribution in [1.82, 2.24) is 9.55 Å². The van der Waals surface area contributed by atoms with Gasteiger partial charge in [0.25, 0.3) is 0 Å². The first-order valence-electron chi connectivity index (χ1n) is 19.5. The van der Waals surface area contributed by atoms with Crippen molar-refractivity contribution in [3.05, 3.63) is 131 Å². The average molecular weight is 902 g/mol. The summed E-state index contributed by atoms with van der Waals surface area (Å²) >= 11 is 0. The quantitative estimate of drug-likeness (QED) is 0.134. The number of aromatic nitrogens is 2. The van der Waals surface area contributed by atoms with Gasteiger partial charge < -0.3 is 19.5 Å². The van der Waals surface area contributed by atoms with Crippen molar-refractivity contribution in [3.8, 4) is 34.1 Å². The van der Waals surface area contributed by atoms with Crippen molar-refractivity contribution in [3.63, 3.8) is 0 Å². The molecule has 0 amide bonds. The summed E-state index contributed by atoms with van der Waals surface area (Å²) < 4.78 is 2.21. The van der Waals surface area contributed by atoms with Crippen LogP contribution in [0.4, 0.5) is 11.4 Å². The van der Waals surface area contributed by atoms with E-state index in [0.717, 1.165) is 22.6 Å². The summed E-state index contributed by atoms with van der Waals surface area (Å²) in [5.41, 5.74) is 13.8. The smallest absolute Gasteiger partial charge is 0.507 e. The zero-order valence-electron chi connectivity index (χ0n) is 34.2. The van der Waals surface area contributed by atoms with Crippen LogP contribution in [0.25, 0.3) is 28.3 Å². The molecule has 6 heteroatoms. The minimum atomic E-state index is 0. The first-order chi connectivity index (χ1) is 25.2. The van der Waals surface area contributed by atoms with E-state index in [-0.39, 0.29) is 38.7 Å². The number of hydrogen-bond acceptors (Lipinski definition) is 4. The fraction of sp³-hybridized carbons (Fsp3) is 0.375. The van der Waals surface area contributed by atoms with Crippen LogP contribution in [0.1, 0.15) is 152 Å². The fourth-order valence-corrected chi connectivity index (χ4v) is 7.33. The summed E-state index contributed by atoms with van der Waals surface area (Å²) in [7, 11) is 0. The molecule has 6 rings (SSSR count). The molecule has 54 heavy (non-hydrogen) atoms. The number of rotatable bonds is 11. The van der Waals surface area contributed by atoms with Crippen molar-refractivity contribution in [2.24, 2.45) is 0 Å². The molecule has 5 nitrogen and oxygen atoms in total. The van der Waals surface area contributed by atoms with Crippen molar-refractivity contribution < 1.29 is 26.2 Å². The second-order valence-electron chi connectivity index (χ2n) is 16.5. The predicted octanol–water partition coefficient (Wildman–Crippen LogP) is 13.4. The fourth-order valence-electron chi connectivity index (χ4n) is 7.33. The summed E-state index contributed by atoms with van der Waals surface area (Å²) in [5, 5.41) is 11.2. The Morgan fingerprint density at radius 2 is 1.09 bits per heavy atom. The van der Waals surface area contributed by atoms with Crippen molar-refractivity contribution in [1.29, 1.82) is 0 Å². The molecule has 2 heterocycles. The van der Waals surface area contributed by atoms with E-state index in [1.165, 1.54) is 39.1 Å². The molecule has 0 saturated carbocycles. The summed E-state index contributed by atoms with van der Waals surface area (Å²) in [4.78, 5) is 9.70. The van der Waals surface area contributed by atoms with Gasteiger partial charge in [-0.1, -0.05) is 125 Å². The van der Waals surface area contributed by atoms with E-state index in [4.69, 9.17) is 4.98 Å². The third-order valence-electron chi connectivity index (χ3n) is 10.5. The van der Waals surface area contributed by atoms with Gasteiger partial charge in [-0.2, -0.15) is 0 Å². The number of phenolic OH excluding ortho intramolecular Hbond substituents is 1. The van der Waals surface area contributed by atoms with E-state index in [2.05, 4.69) is 171 Å². The molecule has 1 N–H and O–H groups in total. The van der Waals surface area contributed by atoms with Crippen molar-refractivity contribution >= 4 is 11.4 Å². The molecule has 0 saturated heterocycles. The SMILES string of the molecule is CC(C)c1cc(C(C)C)c(N2C=CN(c3[c-]c(-c4cn(-c5c(C(C)C)cc(C(C)C)cc5C(C)C)c(-c5ccccc5O)n4)ccc3)[CH-]2)c(C(C)C)c1.[Pt+2]. The van der Waals surface area contributed by atoms with Crippen LogP contribution in [0, 0.1) is 12.7 Å². The number of benzene rings is 4. The van der Waals surface area contributed by atoms with E-state index in [0.29, 0.717) is 35.1 Å². The molecule has 1 aliphatic heterocycles. The maximum absolute atomic E-state index is 11.2. The van der Waals surface area contributed by atoms with Crippen LogP contribution >= 0.6 is 0 Å². The Morgan fingerprint density at radius 1 is 0.593 bits per heavy atom. The maximum atomic E-state index is 11.2. The second-order valence-corrected chi connectivity index (χ2v) is 16.5. The number of para-hydroxylation sites is 1. The molecule has 286 valence electrons. The summed E-state index contributed by atoms with van der Waals surface area (Å²) in [6.45, 7) is 29.4. The molecule has 0 spiro atoms. The molecule has 0 radical (unpaired) electrons. The topological polar surface area (TPSA) is 44.5 Å². The zero-order chi connectivity index (χ0) is 38.3. The van der Waals surface area contributed by atoms with Crippen LogP contribution in [-0.2, 0) is 21.1 Å². The zero-order valence-corrected chi connectivity index (χ0v) is 36.4. The van der Waals surface area contributed by atoms with E-state index >= 15 is 0 Å². The molecule has 0 atom stereocenters. The molecule has 0 unspecified atom stereocenters. The Morgan fingerprint density at radius 3 is 1.59 bits per heavy atom. The van der Waals surface area contributed by atoms with Gasteiger partial charge in [-0.15, -0.1) is 36.5 Å².